The molecule has 1 amide bonds. The standard InChI is InChI=1S/C24H25N5O/c1-2-23-22(16-27-29(23)17-19-9-5-3-6-10-19)24(30)25-14-13-20-15-26-28(18-20)21-11-7-4-8-12-21/h3-12,15-16,18H,2,13-14,17H2,1H3,(H,25,30). The first-order valence-corrected chi connectivity index (χ1v) is 10.2. The Morgan fingerprint density at radius 3 is 2.40 bits per heavy atom. The van der Waals surface area contributed by atoms with E-state index >= 15 is 0 Å². The summed E-state index contributed by atoms with van der Waals surface area (Å²) in [4.78, 5) is 12.7. The lowest BCUT2D eigenvalue weighted by molar-refractivity contribution is 0.0953. The van der Waals surface area contributed by atoms with Gasteiger partial charge in [0.05, 0.1) is 35.9 Å². The summed E-state index contributed by atoms with van der Waals surface area (Å²) in [6, 6.07) is 20.1. The van der Waals surface area contributed by atoms with E-state index in [0.717, 1.165) is 35.3 Å². The second kappa shape index (κ2) is 9.22. The lowest BCUT2D eigenvalue weighted by Crippen LogP contribution is -2.26. The maximum Gasteiger partial charge on any atom is 0.254 e. The highest BCUT2D eigenvalue weighted by atomic mass is 16.1. The summed E-state index contributed by atoms with van der Waals surface area (Å²) in [5.41, 5.74) is 4.86. The number of nitrogens with one attached hydrogen (secondary N) is 1. The Kier molecular flexibility index (Phi) is 6.03. The third kappa shape index (κ3) is 4.49. The zero-order valence-electron chi connectivity index (χ0n) is 17.0. The average Bonchev–Trinajstić information content (AvgIpc) is 3.42. The summed E-state index contributed by atoms with van der Waals surface area (Å²) < 4.78 is 3.76. The molecule has 0 atom stereocenters. The van der Waals surface area contributed by atoms with Crippen LogP contribution in [0.15, 0.2) is 79.3 Å². The summed E-state index contributed by atoms with van der Waals surface area (Å²) in [5.74, 6) is -0.0818. The molecule has 30 heavy (non-hydrogen) atoms. The molecule has 0 saturated carbocycles. The molecule has 0 bridgehead atoms. The van der Waals surface area contributed by atoms with Crippen LogP contribution in [-0.4, -0.2) is 32.0 Å². The van der Waals surface area contributed by atoms with Gasteiger partial charge in [0.15, 0.2) is 0 Å². The van der Waals surface area contributed by atoms with Crippen LogP contribution in [0.25, 0.3) is 5.69 Å². The molecule has 1 N–H and O–H groups in total. The first kappa shape index (κ1) is 19.6. The number of aromatic nitrogens is 4. The Labute approximate surface area is 176 Å². The van der Waals surface area contributed by atoms with Crippen LogP contribution < -0.4 is 5.32 Å². The van der Waals surface area contributed by atoms with Gasteiger partial charge in [0.2, 0.25) is 0 Å². The maximum absolute atomic E-state index is 12.7. The van der Waals surface area contributed by atoms with Gasteiger partial charge < -0.3 is 5.32 Å². The van der Waals surface area contributed by atoms with Crippen molar-refractivity contribution < 1.29 is 4.79 Å². The minimum absolute atomic E-state index is 0.0818. The Morgan fingerprint density at radius 1 is 0.933 bits per heavy atom. The van der Waals surface area contributed by atoms with E-state index in [-0.39, 0.29) is 5.91 Å². The molecule has 0 aliphatic heterocycles. The van der Waals surface area contributed by atoms with Gasteiger partial charge in [0.25, 0.3) is 5.91 Å². The predicted octanol–water partition coefficient (Wildman–Crippen LogP) is 3.65. The number of amides is 1. The van der Waals surface area contributed by atoms with Crippen molar-refractivity contribution in [3.63, 3.8) is 0 Å². The Balaban J connectivity index is 1.36. The van der Waals surface area contributed by atoms with E-state index in [0.29, 0.717) is 18.7 Å². The first-order chi connectivity index (χ1) is 14.7. The van der Waals surface area contributed by atoms with Gasteiger partial charge in [-0.2, -0.15) is 10.2 Å². The lowest BCUT2D eigenvalue weighted by Gasteiger charge is -2.08. The fourth-order valence-electron chi connectivity index (χ4n) is 3.49. The van der Waals surface area contributed by atoms with Crippen molar-refractivity contribution in [3.8, 4) is 5.69 Å². The molecule has 6 nitrogen and oxygen atoms in total. The predicted molar refractivity (Wildman–Crippen MR) is 117 cm³/mol. The van der Waals surface area contributed by atoms with Gasteiger partial charge in [-0.15, -0.1) is 0 Å². The summed E-state index contributed by atoms with van der Waals surface area (Å²) in [5, 5.41) is 11.9. The number of benzene rings is 2. The third-order valence-electron chi connectivity index (χ3n) is 5.06. The first-order valence-electron chi connectivity index (χ1n) is 10.2. The van der Waals surface area contributed by atoms with Crippen LogP contribution in [0.4, 0.5) is 0 Å². The lowest BCUT2D eigenvalue weighted by atomic mass is 10.1. The van der Waals surface area contributed by atoms with Crippen LogP contribution in [0.1, 0.15) is 34.1 Å². The highest BCUT2D eigenvalue weighted by Crippen LogP contribution is 2.13. The van der Waals surface area contributed by atoms with Gasteiger partial charge >= 0.3 is 0 Å². The van der Waals surface area contributed by atoms with E-state index in [2.05, 4.69) is 27.6 Å². The molecule has 4 aromatic rings. The van der Waals surface area contributed by atoms with Gasteiger partial charge in [0.1, 0.15) is 0 Å². The summed E-state index contributed by atoms with van der Waals surface area (Å²) in [6.45, 7) is 3.26. The fourth-order valence-corrected chi connectivity index (χ4v) is 3.49. The van der Waals surface area contributed by atoms with Crippen molar-refractivity contribution in [2.24, 2.45) is 0 Å². The number of para-hydroxylation sites is 1. The number of hydrogen-bond donors (Lipinski definition) is 1. The van der Waals surface area contributed by atoms with E-state index in [4.69, 9.17) is 0 Å². The quantitative estimate of drug-likeness (QED) is 0.492. The van der Waals surface area contributed by atoms with Crippen molar-refractivity contribution in [1.82, 2.24) is 24.9 Å². The molecule has 4 rings (SSSR count). The normalized spacial score (nSPS) is 10.8. The number of carbonyl (C=O) groups excluding carboxylic acids is 1. The Hall–Kier alpha value is -3.67. The van der Waals surface area contributed by atoms with Crippen LogP contribution in [0.5, 0.6) is 0 Å². The highest BCUT2D eigenvalue weighted by molar-refractivity contribution is 5.95. The smallest absolute Gasteiger partial charge is 0.254 e. The maximum atomic E-state index is 12.7. The Bertz CT molecular complexity index is 1100. The second-order valence-electron chi connectivity index (χ2n) is 7.14. The van der Waals surface area contributed by atoms with Crippen LogP contribution in [-0.2, 0) is 19.4 Å². The molecule has 2 heterocycles. The van der Waals surface area contributed by atoms with E-state index in [9.17, 15) is 4.79 Å². The topological polar surface area (TPSA) is 64.7 Å². The molecule has 0 saturated heterocycles. The third-order valence-corrected chi connectivity index (χ3v) is 5.06. The van der Waals surface area contributed by atoms with Gasteiger partial charge in [-0.25, -0.2) is 4.68 Å². The second-order valence-corrected chi connectivity index (χ2v) is 7.14. The summed E-state index contributed by atoms with van der Waals surface area (Å²) in [7, 11) is 0. The zero-order valence-corrected chi connectivity index (χ0v) is 17.0. The van der Waals surface area contributed by atoms with Gasteiger partial charge in [-0.05, 0) is 36.1 Å². The van der Waals surface area contributed by atoms with E-state index in [1.807, 2.05) is 77.2 Å². The number of rotatable bonds is 8. The molecule has 0 aliphatic carbocycles. The highest BCUT2D eigenvalue weighted by Gasteiger charge is 2.16. The number of nitrogens with zero attached hydrogens (tertiary/aromatic N) is 4. The molecule has 0 unspecified atom stereocenters. The molecule has 0 spiro atoms. The van der Waals surface area contributed by atoms with Gasteiger partial charge in [-0.1, -0.05) is 55.5 Å². The van der Waals surface area contributed by atoms with Crippen LogP contribution in [0, 0.1) is 0 Å². The summed E-state index contributed by atoms with van der Waals surface area (Å²) >= 11 is 0. The molecule has 0 aliphatic rings. The van der Waals surface area contributed by atoms with Crippen molar-refractivity contribution in [2.45, 2.75) is 26.3 Å². The molecule has 0 fully saturated rings. The van der Waals surface area contributed by atoms with Crippen molar-refractivity contribution in [1.29, 1.82) is 0 Å². The fraction of sp³-hybridized carbons (Fsp3) is 0.208. The molecular formula is C24H25N5O. The largest absolute Gasteiger partial charge is 0.352 e. The van der Waals surface area contributed by atoms with Gasteiger partial charge in [-0.3, -0.25) is 9.48 Å². The minimum Gasteiger partial charge on any atom is -0.352 e. The van der Waals surface area contributed by atoms with E-state index in [1.54, 1.807) is 6.20 Å². The molecular weight excluding hydrogens is 374 g/mol. The molecule has 2 aromatic carbocycles. The number of carbonyl (C=O) groups is 1. The average molecular weight is 399 g/mol. The molecule has 6 heteroatoms. The van der Waals surface area contributed by atoms with E-state index < -0.39 is 0 Å². The SMILES string of the molecule is CCc1c(C(=O)NCCc2cnn(-c3ccccc3)c2)cnn1Cc1ccccc1. The molecule has 152 valence electrons. The zero-order chi connectivity index (χ0) is 20.8. The number of hydrogen-bond acceptors (Lipinski definition) is 3. The van der Waals surface area contributed by atoms with Crippen molar-refractivity contribution >= 4 is 5.91 Å². The van der Waals surface area contributed by atoms with Crippen LogP contribution in [0.2, 0.25) is 0 Å². The van der Waals surface area contributed by atoms with Gasteiger partial charge in [0, 0.05) is 12.7 Å². The van der Waals surface area contributed by atoms with Crippen LogP contribution >= 0.6 is 0 Å². The molecule has 2 aromatic heterocycles. The van der Waals surface area contributed by atoms with Crippen LogP contribution in [0.3, 0.4) is 0 Å². The monoisotopic (exact) mass is 399 g/mol. The minimum atomic E-state index is -0.0818. The van der Waals surface area contributed by atoms with Crippen molar-refractivity contribution in [3.05, 3.63) is 102 Å². The molecule has 0 radical (unpaired) electrons. The summed E-state index contributed by atoms with van der Waals surface area (Å²) in [6.07, 6.45) is 6.98. The Morgan fingerprint density at radius 2 is 1.67 bits per heavy atom. The van der Waals surface area contributed by atoms with Crippen molar-refractivity contribution in [2.75, 3.05) is 6.54 Å². The van der Waals surface area contributed by atoms with E-state index in [1.165, 1.54) is 0 Å².